The molecule has 2 atom stereocenters. The average Bonchev–Trinajstić information content (AvgIpc) is 3.35. The number of fused-ring (bicyclic) bond motifs is 1. The Kier molecular flexibility index (Phi) is 6.80. The van der Waals surface area contributed by atoms with Crippen LogP contribution in [-0.2, 0) is 26.1 Å². The normalized spacial score (nSPS) is 24.4. The molecule has 2 saturated heterocycles. The van der Waals surface area contributed by atoms with E-state index in [0.29, 0.717) is 31.2 Å². The number of hydrogen-bond acceptors (Lipinski definition) is 8. The molecule has 0 saturated carbocycles. The van der Waals surface area contributed by atoms with Crippen LogP contribution in [0.2, 0.25) is 0 Å². The van der Waals surface area contributed by atoms with Crippen molar-refractivity contribution in [3.05, 3.63) is 29.3 Å². The molecule has 12 heteroatoms. The van der Waals surface area contributed by atoms with Crippen LogP contribution >= 0.6 is 12.4 Å². The first-order valence-electron chi connectivity index (χ1n) is 9.99. The molecule has 1 aromatic rings. The minimum atomic E-state index is -3.77. The number of carbonyl (C=O) groups is 2. The first-order chi connectivity index (χ1) is 14.2. The van der Waals surface area contributed by atoms with Gasteiger partial charge in [-0.3, -0.25) is 14.5 Å². The van der Waals surface area contributed by atoms with Gasteiger partial charge in [0.1, 0.15) is 0 Å². The number of sulfonamides is 1. The standard InChI is InChI=1S/C19H26N4O6S.ClH/c1-12(2)16-17-15(23(19(16)25)30(3,26)27)4-5-22(17)18(24)14-10-13(29-20-14)11-21-6-8-28-9-7-21;/h4,10,12,16-17H,5-9,11H2,1-3H3;1H/t16-,17+;/m1./s1. The van der Waals surface area contributed by atoms with Crippen LogP contribution in [0.1, 0.15) is 30.1 Å². The molecule has 10 nitrogen and oxygen atoms in total. The molecule has 2 amide bonds. The predicted molar refractivity (Wildman–Crippen MR) is 113 cm³/mol. The summed E-state index contributed by atoms with van der Waals surface area (Å²) in [7, 11) is -3.77. The predicted octanol–water partition coefficient (Wildman–Crippen LogP) is 0.711. The molecule has 0 aliphatic carbocycles. The molecule has 3 aliphatic heterocycles. The number of morpholine rings is 1. The lowest BCUT2D eigenvalue weighted by Gasteiger charge is -2.28. The fourth-order valence-electron chi connectivity index (χ4n) is 4.39. The van der Waals surface area contributed by atoms with Gasteiger partial charge < -0.3 is 14.2 Å². The SMILES string of the molecule is CC(C)[C@H]1C(=O)N(S(C)(=O)=O)C2=CCN(C(=O)c3cc(CN4CCOCC4)on3)[C@@H]21.Cl. The summed E-state index contributed by atoms with van der Waals surface area (Å²) >= 11 is 0. The molecule has 3 aliphatic rings. The monoisotopic (exact) mass is 474 g/mol. The quantitative estimate of drug-likeness (QED) is 0.613. The molecule has 0 aromatic carbocycles. The topological polar surface area (TPSA) is 113 Å². The third kappa shape index (κ3) is 4.36. The Balaban J connectivity index is 0.00000272. The first kappa shape index (κ1) is 23.7. The van der Waals surface area contributed by atoms with Crippen molar-refractivity contribution in [1.29, 1.82) is 0 Å². The summed E-state index contributed by atoms with van der Waals surface area (Å²) in [6.45, 7) is 7.33. The van der Waals surface area contributed by atoms with Crippen LogP contribution in [0.5, 0.6) is 0 Å². The van der Waals surface area contributed by atoms with Crippen LogP contribution in [0.25, 0.3) is 0 Å². The van der Waals surface area contributed by atoms with E-state index in [9.17, 15) is 18.0 Å². The number of rotatable bonds is 5. The second kappa shape index (κ2) is 8.89. The number of carbonyl (C=O) groups excluding carboxylic acids is 2. The van der Waals surface area contributed by atoms with E-state index in [1.165, 1.54) is 4.90 Å². The summed E-state index contributed by atoms with van der Waals surface area (Å²) in [5.74, 6) is -1.06. The van der Waals surface area contributed by atoms with Crippen molar-refractivity contribution in [2.75, 3.05) is 39.1 Å². The number of amides is 2. The molecular weight excluding hydrogens is 448 g/mol. The molecule has 31 heavy (non-hydrogen) atoms. The molecule has 0 bridgehead atoms. The van der Waals surface area contributed by atoms with Gasteiger partial charge in [0, 0.05) is 25.7 Å². The van der Waals surface area contributed by atoms with Gasteiger partial charge in [0.2, 0.25) is 15.9 Å². The lowest BCUT2D eigenvalue weighted by molar-refractivity contribution is -0.128. The van der Waals surface area contributed by atoms with Gasteiger partial charge in [0.15, 0.2) is 11.5 Å². The Morgan fingerprint density at radius 1 is 1.29 bits per heavy atom. The van der Waals surface area contributed by atoms with Gasteiger partial charge >= 0.3 is 0 Å². The fraction of sp³-hybridized carbons (Fsp3) is 0.632. The number of aromatic nitrogens is 1. The van der Waals surface area contributed by atoms with Crippen LogP contribution in [0.15, 0.2) is 22.4 Å². The molecule has 0 radical (unpaired) electrons. The van der Waals surface area contributed by atoms with E-state index in [1.807, 2.05) is 13.8 Å². The number of ether oxygens (including phenoxy) is 1. The minimum absolute atomic E-state index is 0. The van der Waals surface area contributed by atoms with Crippen LogP contribution in [0.4, 0.5) is 0 Å². The Labute approximate surface area is 187 Å². The van der Waals surface area contributed by atoms with Crippen molar-refractivity contribution in [2.24, 2.45) is 11.8 Å². The van der Waals surface area contributed by atoms with E-state index in [0.717, 1.165) is 23.7 Å². The summed E-state index contributed by atoms with van der Waals surface area (Å²) < 4.78 is 36.0. The highest BCUT2D eigenvalue weighted by Gasteiger charge is 2.55. The van der Waals surface area contributed by atoms with Gasteiger partial charge in [-0.25, -0.2) is 12.7 Å². The molecule has 4 heterocycles. The van der Waals surface area contributed by atoms with Gasteiger partial charge in [0.05, 0.1) is 43.7 Å². The van der Waals surface area contributed by atoms with Gasteiger partial charge in [0.25, 0.3) is 5.91 Å². The van der Waals surface area contributed by atoms with Gasteiger partial charge in [-0.2, -0.15) is 0 Å². The molecule has 2 fully saturated rings. The van der Waals surface area contributed by atoms with E-state index < -0.39 is 27.9 Å². The largest absolute Gasteiger partial charge is 0.379 e. The summed E-state index contributed by atoms with van der Waals surface area (Å²) in [4.78, 5) is 29.7. The van der Waals surface area contributed by atoms with Crippen LogP contribution in [0, 0.1) is 11.8 Å². The van der Waals surface area contributed by atoms with Gasteiger partial charge in [-0.05, 0) is 12.0 Å². The third-order valence-corrected chi connectivity index (χ3v) is 6.82. The highest BCUT2D eigenvalue weighted by molar-refractivity contribution is 7.89. The lowest BCUT2D eigenvalue weighted by atomic mass is 9.89. The Hall–Kier alpha value is -1.95. The van der Waals surface area contributed by atoms with Gasteiger partial charge in [-0.1, -0.05) is 19.0 Å². The Morgan fingerprint density at radius 3 is 2.58 bits per heavy atom. The molecule has 0 spiro atoms. The van der Waals surface area contributed by atoms with Crippen LogP contribution in [-0.4, -0.2) is 84.6 Å². The highest BCUT2D eigenvalue weighted by atomic mass is 35.5. The maximum Gasteiger partial charge on any atom is 0.276 e. The first-order valence-corrected chi connectivity index (χ1v) is 11.8. The van der Waals surface area contributed by atoms with Crippen LogP contribution < -0.4 is 0 Å². The second-order valence-electron chi connectivity index (χ2n) is 8.23. The third-order valence-electron chi connectivity index (χ3n) is 5.77. The van der Waals surface area contributed by atoms with E-state index in [4.69, 9.17) is 9.26 Å². The smallest absolute Gasteiger partial charge is 0.276 e. The van der Waals surface area contributed by atoms with E-state index >= 15 is 0 Å². The zero-order valence-corrected chi connectivity index (χ0v) is 19.3. The zero-order valence-electron chi connectivity index (χ0n) is 17.7. The van der Waals surface area contributed by atoms with Crippen molar-refractivity contribution >= 4 is 34.2 Å². The van der Waals surface area contributed by atoms with Crippen molar-refractivity contribution < 1.29 is 27.3 Å². The lowest BCUT2D eigenvalue weighted by Crippen LogP contribution is -2.43. The number of nitrogens with zero attached hydrogens (tertiary/aromatic N) is 4. The average molecular weight is 475 g/mol. The fourth-order valence-corrected chi connectivity index (χ4v) is 5.41. The van der Waals surface area contributed by atoms with Crippen molar-refractivity contribution in [2.45, 2.75) is 26.4 Å². The molecule has 0 unspecified atom stereocenters. The Morgan fingerprint density at radius 2 is 1.97 bits per heavy atom. The zero-order chi connectivity index (χ0) is 21.6. The van der Waals surface area contributed by atoms with Crippen LogP contribution in [0.3, 0.4) is 0 Å². The number of halogens is 1. The maximum atomic E-state index is 13.2. The van der Waals surface area contributed by atoms with E-state index in [2.05, 4.69) is 10.1 Å². The van der Waals surface area contributed by atoms with Crippen molar-refractivity contribution in [1.82, 2.24) is 19.3 Å². The molecule has 4 rings (SSSR count). The van der Waals surface area contributed by atoms with Crippen molar-refractivity contribution in [3.8, 4) is 0 Å². The summed E-state index contributed by atoms with van der Waals surface area (Å²) in [6.07, 6.45) is 2.64. The van der Waals surface area contributed by atoms with Crippen molar-refractivity contribution in [3.63, 3.8) is 0 Å². The Bertz CT molecular complexity index is 985. The maximum absolute atomic E-state index is 13.2. The molecular formula is C19H27ClN4O6S. The molecule has 1 aromatic heterocycles. The minimum Gasteiger partial charge on any atom is -0.379 e. The van der Waals surface area contributed by atoms with Gasteiger partial charge in [-0.15, -0.1) is 12.4 Å². The summed E-state index contributed by atoms with van der Waals surface area (Å²) in [5, 5.41) is 3.93. The summed E-state index contributed by atoms with van der Waals surface area (Å²) in [6, 6.07) is 0.991. The van der Waals surface area contributed by atoms with E-state index in [1.54, 1.807) is 12.1 Å². The number of hydrogen-bond donors (Lipinski definition) is 0. The summed E-state index contributed by atoms with van der Waals surface area (Å²) in [5.41, 5.74) is 0.507. The highest BCUT2D eigenvalue weighted by Crippen LogP contribution is 2.41. The molecule has 0 N–H and O–H groups in total. The van der Waals surface area contributed by atoms with E-state index in [-0.39, 0.29) is 36.5 Å². The molecule has 172 valence electrons. The second-order valence-corrected chi connectivity index (χ2v) is 10.1.